The van der Waals surface area contributed by atoms with Crippen molar-refractivity contribution in [3.05, 3.63) is 57.2 Å². The van der Waals surface area contributed by atoms with Gasteiger partial charge in [0.05, 0.1) is 18.3 Å². The molecule has 1 aromatic heterocycles. The fourth-order valence-corrected chi connectivity index (χ4v) is 7.33. The number of carbonyl (C=O) groups excluding carboxylic acids is 5. The number of hydrogen-bond donors (Lipinski definition) is 3. The fraction of sp³-hybridized carbons (Fsp3) is 0.556. The van der Waals surface area contributed by atoms with Crippen LogP contribution < -0.4 is 16.0 Å². The van der Waals surface area contributed by atoms with Gasteiger partial charge >= 0.3 is 6.09 Å². The molecular weight excluding hydrogens is 682 g/mol. The number of benzene rings is 1. The molecule has 3 aliphatic rings. The third-order valence-electron chi connectivity index (χ3n) is 9.08. The highest BCUT2D eigenvalue weighted by Crippen LogP contribution is 2.40. The lowest BCUT2D eigenvalue weighted by atomic mass is 9.85. The molecule has 14 heteroatoms. The highest BCUT2D eigenvalue weighted by molar-refractivity contribution is 7.09. The number of thiophene rings is 1. The monoisotopic (exact) mass is 727 g/mol. The summed E-state index contributed by atoms with van der Waals surface area (Å²) in [6.45, 7) is 9.06. The van der Waals surface area contributed by atoms with Crippen LogP contribution in [0, 0.1) is 5.41 Å². The molecule has 0 radical (unpaired) electrons. The zero-order chi connectivity index (χ0) is 36.2. The molecule has 5 rings (SSSR count). The first-order valence-electron chi connectivity index (χ1n) is 17.1. The maximum absolute atomic E-state index is 14.5. The molecule has 12 nitrogen and oxygen atoms in total. The van der Waals surface area contributed by atoms with E-state index in [-0.39, 0.29) is 31.8 Å². The third kappa shape index (κ3) is 9.22. The van der Waals surface area contributed by atoms with Gasteiger partial charge in [0.1, 0.15) is 18.2 Å². The minimum absolute atomic E-state index is 0.00979. The summed E-state index contributed by atoms with van der Waals surface area (Å²) in [5, 5.41) is 15.1. The van der Waals surface area contributed by atoms with E-state index in [2.05, 4.69) is 21.1 Å². The number of nitrogens with one attached hydrogen (secondary N) is 3. The summed E-state index contributed by atoms with van der Waals surface area (Å²) in [5.41, 5.74) is -0.472. The van der Waals surface area contributed by atoms with Crippen LogP contribution in [0.1, 0.15) is 83.6 Å². The van der Waals surface area contributed by atoms with Gasteiger partial charge in [-0.05, 0) is 55.2 Å². The molecule has 1 saturated carbocycles. The summed E-state index contributed by atoms with van der Waals surface area (Å²) in [4.78, 5) is 76.2. The van der Waals surface area contributed by atoms with Crippen LogP contribution in [0.4, 0.5) is 4.79 Å². The Morgan fingerprint density at radius 2 is 1.90 bits per heavy atom. The number of ketones is 1. The molecule has 2 aliphatic heterocycles. The van der Waals surface area contributed by atoms with E-state index in [4.69, 9.17) is 21.2 Å². The second-order valence-electron chi connectivity index (χ2n) is 14.6. The first kappa shape index (κ1) is 37.3. The summed E-state index contributed by atoms with van der Waals surface area (Å²) >= 11 is 7.80. The molecule has 2 fully saturated rings. The van der Waals surface area contributed by atoms with Crippen LogP contribution in [0.5, 0.6) is 0 Å². The molecule has 2 aromatic rings. The predicted molar refractivity (Wildman–Crippen MR) is 190 cm³/mol. The molecule has 50 heavy (non-hydrogen) atoms. The van der Waals surface area contributed by atoms with E-state index in [1.54, 1.807) is 36.5 Å². The molecule has 0 bridgehead atoms. The largest absolute Gasteiger partial charge is 0.446 e. The lowest BCUT2D eigenvalue weighted by Gasteiger charge is -2.35. The quantitative estimate of drug-likeness (QED) is 0.251. The molecule has 1 aliphatic carbocycles. The maximum Gasteiger partial charge on any atom is 0.408 e. The molecule has 1 aromatic carbocycles. The van der Waals surface area contributed by atoms with E-state index in [1.165, 1.54) is 4.90 Å². The number of nitrogens with zero attached hydrogens (tertiary/aromatic N) is 2. The Bertz CT molecular complexity index is 1620. The van der Waals surface area contributed by atoms with Crippen LogP contribution in [0.2, 0.25) is 5.02 Å². The predicted octanol–water partition coefficient (Wildman–Crippen LogP) is 4.77. The lowest BCUT2D eigenvalue weighted by Crippen LogP contribution is -2.59. The molecule has 270 valence electrons. The smallest absolute Gasteiger partial charge is 0.408 e. The van der Waals surface area contributed by atoms with Crippen molar-refractivity contribution in [2.24, 2.45) is 10.6 Å². The number of carbonyl (C=O) groups is 5. The fourth-order valence-electron chi connectivity index (χ4n) is 6.32. The van der Waals surface area contributed by atoms with E-state index in [0.29, 0.717) is 23.6 Å². The van der Waals surface area contributed by atoms with E-state index >= 15 is 0 Å². The number of likely N-dealkylation sites (tertiary alicyclic amines) is 1. The average Bonchev–Trinajstić information content (AvgIpc) is 3.40. The summed E-state index contributed by atoms with van der Waals surface area (Å²) in [7, 11) is 0. The zero-order valence-corrected chi connectivity index (χ0v) is 30.7. The van der Waals surface area contributed by atoms with Crippen LogP contribution >= 0.6 is 22.9 Å². The number of Topliss-reactive ketones (excluding diaryl/α,β-unsaturated/α-hetero) is 1. The molecule has 3 N–H and O–H groups in total. The Kier molecular flexibility index (Phi) is 11.6. The number of hydrogen-bond acceptors (Lipinski definition) is 9. The van der Waals surface area contributed by atoms with E-state index in [0.717, 1.165) is 23.3 Å². The number of oxime groups is 1. The molecule has 1 spiro atoms. The highest BCUT2D eigenvalue weighted by atomic mass is 35.5. The van der Waals surface area contributed by atoms with Crippen LogP contribution in [-0.4, -0.2) is 82.6 Å². The van der Waals surface area contributed by atoms with Crippen LogP contribution in [0.25, 0.3) is 0 Å². The Labute approximate surface area is 301 Å². The molecule has 2 unspecified atom stereocenters. The summed E-state index contributed by atoms with van der Waals surface area (Å²) in [6.07, 6.45) is 2.09. The maximum atomic E-state index is 14.5. The van der Waals surface area contributed by atoms with Crippen LogP contribution in [0.15, 0.2) is 46.9 Å². The van der Waals surface area contributed by atoms with Gasteiger partial charge in [0.15, 0.2) is 5.60 Å². The average molecular weight is 728 g/mol. The van der Waals surface area contributed by atoms with E-state index in [9.17, 15) is 24.0 Å². The number of halogens is 1. The van der Waals surface area contributed by atoms with Gasteiger partial charge in [0.2, 0.25) is 17.6 Å². The number of rotatable bonds is 13. The van der Waals surface area contributed by atoms with Crippen molar-refractivity contribution < 1.29 is 33.5 Å². The summed E-state index contributed by atoms with van der Waals surface area (Å²) in [5.74, 6) is -2.57. The number of alkyl carbamates (subject to hydrolysis) is 1. The Balaban J connectivity index is 1.37. The lowest BCUT2D eigenvalue weighted by molar-refractivity contribution is -0.144. The van der Waals surface area contributed by atoms with Crippen molar-refractivity contribution in [1.82, 2.24) is 20.9 Å². The van der Waals surface area contributed by atoms with Gasteiger partial charge in [-0.3, -0.25) is 19.2 Å². The standard InChI is InChI=1S/C36H46ClN5O7S/c1-6-9-26(29(43)32(45)38-24-13-14-24)39-31(44)28-19-36(18-27(41-49-36)22-10-7-11-23(37)17-22)20-42(28)33(46)30(35(3,4)5)40-34(47)48-21(2)16-25-12-8-15-50-25/h7-8,10-12,15,17,21,24,26,28,30H,6,9,13-14,16,18-20H2,1-5H3,(H,38,45)(H,39,44)(H,40,47)/t21?,26?,28-,30+,36+/m0/s1. The first-order chi connectivity index (χ1) is 23.7. The summed E-state index contributed by atoms with van der Waals surface area (Å²) < 4.78 is 5.64. The topological polar surface area (TPSA) is 156 Å². The third-order valence-corrected chi connectivity index (χ3v) is 10.2. The Hall–Kier alpha value is -3.97. The Morgan fingerprint density at radius 3 is 2.54 bits per heavy atom. The van der Waals surface area contributed by atoms with Crippen LogP contribution in [0.3, 0.4) is 0 Å². The van der Waals surface area contributed by atoms with Crippen molar-refractivity contribution in [2.45, 2.75) is 115 Å². The number of amides is 4. The number of ether oxygens (including phenoxy) is 1. The molecule has 5 atom stereocenters. The molecule has 3 heterocycles. The van der Waals surface area contributed by atoms with Crippen LogP contribution in [-0.2, 0) is 35.2 Å². The van der Waals surface area contributed by atoms with Gasteiger partial charge in [-0.15, -0.1) is 11.3 Å². The van der Waals surface area contributed by atoms with E-state index < -0.39 is 64.8 Å². The van der Waals surface area contributed by atoms with Crippen molar-refractivity contribution in [3.8, 4) is 0 Å². The minimum atomic E-state index is -1.09. The SMILES string of the molecule is CCCC(NC(=O)[C@@H]1C[C@]2(CC(c3cccc(Cl)c3)=NO2)CN1C(=O)[C@@H](NC(=O)OC(C)Cc1cccs1)C(C)(C)C)C(=O)C(=O)NC1CC1. The van der Waals surface area contributed by atoms with Crippen molar-refractivity contribution >= 4 is 58.2 Å². The molecule has 4 amide bonds. The van der Waals surface area contributed by atoms with Gasteiger partial charge in [0, 0.05) is 40.8 Å². The normalized spacial score (nSPS) is 21.8. The van der Waals surface area contributed by atoms with E-state index in [1.807, 2.05) is 51.3 Å². The van der Waals surface area contributed by atoms with Gasteiger partial charge in [-0.2, -0.15) is 0 Å². The highest BCUT2D eigenvalue weighted by Gasteiger charge is 2.55. The Morgan fingerprint density at radius 1 is 1.14 bits per heavy atom. The van der Waals surface area contributed by atoms with Gasteiger partial charge in [0.25, 0.3) is 5.91 Å². The van der Waals surface area contributed by atoms with Crippen molar-refractivity contribution in [3.63, 3.8) is 0 Å². The van der Waals surface area contributed by atoms with Gasteiger partial charge in [-0.25, -0.2) is 4.79 Å². The van der Waals surface area contributed by atoms with Crippen molar-refractivity contribution in [1.29, 1.82) is 0 Å². The van der Waals surface area contributed by atoms with Gasteiger partial charge in [-0.1, -0.05) is 69.1 Å². The molecule has 1 saturated heterocycles. The van der Waals surface area contributed by atoms with Gasteiger partial charge < -0.3 is 30.4 Å². The first-order valence-corrected chi connectivity index (χ1v) is 18.4. The molecular formula is C36H46ClN5O7S. The minimum Gasteiger partial charge on any atom is -0.446 e. The summed E-state index contributed by atoms with van der Waals surface area (Å²) in [6, 6.07) is 7.80. The van der Waals surface area contributed by atoms with Crippen molar-refractivity contribution in [2.75, 3.05) is 6.54 Å². The second kappa shape index (κ2) is 15.5. The zero-order valence-electron chi connectivity index (χ0n) is 29.1. The second-order valence-corrected chi connectivity index (χ2v) is 16.1.